The van der Waals surface area contributed by atoms with Crippen LogP contribution in [0.3, 0.4) is 0 Å². The van der Waals surface area contributed by atoms with Crippen LogP contribution in [-0.2, 0) is 0 Å². The number of thiol groups is 1. The lowest BCUT2D eigenvalue weighted by molar-refractivity contribution is 0.713. The van der Waals surface area contributed by atoms with Crippen LogP contribution in [0.15, 0.2) is 30.3 Å². The fraction of sp³-hybridized carbons (Fsp3) is 0.333. The average Bonchev–Trinajstić information content (AvgIpc) is 2.16. The van der Waals surface area contributed by atoms with Gasteiger partial charge in [-0.25, -0.2) is 5.43 Å². The smallest absolute Gasteiger partial charge is 0.0681 e. The normalized spacial score (nSPS) is 12.5. The van der Waals surface area contributed by atoms with Crippen LogP contribution < -0.4 is 10.9 Å². The van der Waals surface area contributed by atoms with Gasteiger partial charge in [-0.15, -0.1) is 0 Å². The Morgan fingerprint density at radius 3 is 2.58 bits per heavy atom. The molecule has 12 heavy (non-hydrogen) atoms. The summed E-state index contributed by atoms with van der Waals surface area (Å²) in [5, 5.41) is 0.199. The van der Waals surface area contributed by atoms with Gasteiger partial charge >= 0.3 is 0 Å². The fourth-order valence-electron chi connectivity index (χ4n) is 0.790. The van der Waals surface area contributed by atoms with Crippen molar-refractivity contribution >= 4 is 18.3 Å². The third-order valence-corrected chi connectivity index (χ3v) is 2.04. The van der Waals surface area contributed by atoms with E-state index in [-0.39, 0.29) is 5.37 Å². The first-order valence-corrected chi connectivity index (χ1v) is 4.59. The molecule has 0 bridgehead atoms. The summed E-state index contributed by atoms with van der Waals surface area (Å²) in [7, 11) is 0. The van der Waals surface area contributed by atoms with E-state index in [9.17, 15) is 0 Å². The third-order valence-electron chi connectivity index (χ3n) is 1.54. The number of para-hydroxylation sites is 1. The molecule has 0 saturated carbocycles. The molecule has 0 saturated heterocycles. The zero-order valence-corrected chi connectivity index (χ0v) is 8.01. The van der Waals surface area contributed by atoms with E-state index in [1.54, 1.807) is 0 Å². The first kappa shape index (κ1) is 9.42. The van der Waals surface area contributed by atoms with Crippen LogP contribution in [0.1, 0.15) is 13.3 Å². The van der Waals surface area contributed by atoms with E-state index in [4.69, 9.17) is 0 Å². The minimum absolute atomic E-state index is 0.199. The first-order valence-electron chi connectivity index (χ1n) is 4.07. The van der Waals surface area contributed by atoms with Crippen LogP contribution in [0.25, 0.3) is 0 Å². The molecule has 1 rings (SSSR count). The molecule has 1 atom stereocenters. The van der Waals surface area contributed by atoms with Crippen molar-refractivity contribution in [3.63, 3.8) is 0 Å². The lowest BCUT2D eigenvalue weighted by Gasteiger charge is -2.12. The maximum atomic E-state index is 4.29. The number of hydrazine groups is 1. The Bertz CT molecular complexity index is 213. The molecule has 0 aliphatic carbocycles. The molecule has 2 N–H and O–H groups in total. The number of hydrogen-bond donors (Lipinski definition) is 3. The van der Waals surface area contributed by atoms with Crippen molar-refractivity contribution in [2.24, 2.45) is 0 Å². The van der Waals surface area contributed by atoms with Gasteiger partial charge in [0.25, 0.3) is 0 Å². The van der Waals surface area contributed by atoms with Crippen LogP contribution in [-0.4, -0.2) is 5.37 Å². The number of rotatable bonds is 4. The quantitative estimate of drug-likeness (QED) is 0.378. The predicted octanol–water partition coefficient (Wildman–Crippen LogP) is 2.27. The summed E-state index contributed by atoms with van der Waals surface area (Å²) in [6, 6.07) is 9.97. The highest BCUT2D eigenvalue weighted by molar-refractivity contribution is 7.80. The Hall–Kier alpha value is -0.670. The molecule has 0 heterocycles. The maximum absolute atomic E-state index is 4.29. The Kier molecular flexibility index (Phi) is 3.97. The van der Waals surface area contributed by atoms with E-state index in [0.29, 0.717) is 0 Å². The number of anilines is 1. The van der Waals surface area contributed by atoms with Crippen molar-refractivity contribution in [3.05, 3.63) is 30.3 Å². The SMILES string of the molecule is CCC(S)NNc1ccccc1. The standard InChI is InChI=1S/C9H14N2S/c1-2-9(12)11-10-8-6-4-3-5-7-8/h3-7,9-12H,2H2,1H3. The highest BCUT2D eigenvalue weighted by Crippen LogP contribution is 2.04. The first-order chi connectivity index (χ1) is 5.83. The van der Waals surface area contributed by atoms with Gasteiger partial charge in [-0.05, 0) is 18.6 Å². The van der Waals surface area contributed by atoms with Crippen LogP contribution in [0, 0.1) is 0 Å². The number of nitrogens with one attached hydrogen (secondary N) is 2. The van der Waals surface area contributed by atoms with E-state index in [2.05, 4.69) is 30.4 Å². The zero-order valence-electron chi connectivity index (χ0n) is 7.12. The minimum Gasteiger partial charge on any atom is -0.320 e. The van der Waals surface area contributed by atoms with Crippen LogP contribution in [0.2, 0.25) is 0 Å². The van der Waals surface area contributed by atoms with Crippen LogP contribution >= 0.6 is 12.6 Å². The number of benzene rings is 1. The second-order valence-electron chi connectivity index (χ2n) is 2.56. The average molecular weight is 182 g/mol. The molecule has 1 aromatic rings. The summed E-state index contributed by atoms with van der Waals surface area (Å²) in [5.74, 6) is 0. The van der Waals surface area contributed by atoms with Gasteiger partial charge in [0.2, 0.25) is 0 Å². The molecule has 0 aromatic heterocycles. The second-order valence-corrected chi connectivity index (χ2v) is 3.18. The topological polar surface area (TPSA) is 24.1 Å². The molecular formula is C9H14N2S. The summed E-state index contributed by atoms with van der Waals surface area (Å²) in [6.45, 7) is 2.08. The Morgan fingerprint density at radius 2 is 2.00 bits per heavy atom. The van der Waals surface area contributed by atoms with E-state index in [0.717, 1.165) is 12.1 Å². The van der Waals surface area contributed by atoms with E-state index < -0.39 is 0 Å². The van der Waals surface area contributed by atoms with Crippen LogP contribution in [0.5, 0.6) is 0 Å². The molecule has 0 radical (unpaired) electrons. The number of hydrogen-bond acceptors (Lipinski definition) is 3. The molecule has 1 aromatic carbocycles. The molecule has 0 spiro atoms. The molecule has 0 amide bonds. The molecule has 66 valence electrons. The minimum atomic E-state index is 0.199. The molecule has 0 fully saturated rings. The molecule has 0 aliphatic heterocycles. The lowest BCUT2D eigenvalue weighted by Crippen LogP contribution is -2.29. The van der Waals surface area contributed by atoms with Crippen molar-refractivity contribution in [1.29, 1.82) is 0 Å². The molecule has 2 nitrogen and oxygen atoms in total. The van der Waals surface area contributed by atoms with E-state index in [1.807, 2.05) is 30.3 Å². The molecular weight excluding hydrogens is 168 g/mol. The predicted molar refractivity (Wildman–Crippen MR) is 56.3 cm³/mol. The monoisotopic (exact) mass is 182 g/mol. The third kappa shape index (κ3) is 3.15. The Balaban J connectivity index is 2.33. The Labute approximate surface area is 78.8 Å². The summed E-state index contributed by atoms with van der Waals surface area (Å²) < 4.78 is 0. The summed E-state index contributed by atoms with van der Waals surface area (Å²) in [5.41, 5.74) is 7.19. The van der Waals surface area contributed by atoms with Gasteiger partial charge in [-0.2, -0.15) is 12.6 Å². The summed E-state index contributed by atoms with van der Waals surface area (Å²) in [4.78, 5) is 0. The van der Waals surface area contributed by atoms with Gasteiger partial charge in [0.05, 0.1) is 5.37 Å². The van der Waals surface area contributed by atoms with Crippen molar-refractivity contribution in [1.82, 2.24) is 5.43 Å². The van der Waals surface area contributed by atoms with Crippen LogP contribution in [0.4, 0.5) is 5.69 Å². The summed E-state index contributed by atoms with van der Waals surface area (Å²) >= 11 is 4.29. The highest BCUT2D eigenvalue weighted by Gasteiger charge is 1.95. The highest BCUT2D eigenvalue weighted by atomic mass is 32.1. The van der Waals surface area contributed by atoms with Gasteiger partial charge < -0.3 is 5.43 Å². The second kappa shape index (κ2) is 5.06. The zero-order chi connectivity index (χ0) is 8.81. The summed E-state index contributed by atoms with van der Waals surface area (Å²) in [6.07, 6.45) is 0.989. The fourth-order valence-corrected chi connectivity index (χ4v) is 0.855. The Morgan fingerprint density at radius 1 is 1.33 bits per heavy atom. The lowest BCUT2D eigenvalue weighted by atomic mass is 10.3. The van der Waals surface area contributed by atoms with Gasteiger partial charge in [-0.1, -0.05) is 25.1 Å². The van der Waals surface area contributed by atoms with Gasteiger partial charge in [-0.3, -0.25) is 0 Å². The van der Waals surface area contributed by atoms with Crippen molar-refractivity contribution in [3.8, 4) is 0 Å². The molecule has 0 aliphatic rings. The van der Waals surface area contributed by atoms with Gasteiger partial charge in [0.15, 0.2) is 0 Å². The largest absolute Gasteiger partial charge is 0.320 e. The maximum Gasteiger partial charge on any atom is 0.0681 e. The van der Waals surface area contributed by atoms with E-state index >= 15 is 0 Å². The van der Waals surface area contributed by atoms with Crippen molar-refractivity contribution in [2.45, 2.75) is 18.7 Å². The molecule has 1 unspecified atom stereocenters. The van der Waals surface area contributed by atoms with E-state index in [1.165, 1.54) is 0 Å². The van der Waals surface area contributed by atoms with Crippen molar-refractivity contribution < 1.29 is 0 Å². The van der Waals surface area contributed by atoms with Gasteiger partial charge in [0, 0.05) is 5.69 Å². The molecule has 3 heteroatoms. The van der Waals surface area contributed by atoms with Gasteiger partial charge in [0.1, 0.15) is 0 Å². The van der Waals surface area contributed by atoms with Crippen molar-refractivity contribution in [2.75, 3.05) is 5.43 Å².